The maximum Gasteiger partial charge on any atom is 0.0594 e. The van der Waals surface area contributed by atoms with Crippen molar-refractivity contribution < 1.29 is 4.74 Å². The first-order chi connectivity index (χ1) is 6.75. The summed E-state index contributed by atoms with van der Waals surface area (Å²) in [5.41, 5.74) is 0. The van der Waals surface area contributed by atoms with Crippen LogP contribution in [0.3, 0.4) is 0 Å². The summed E-state index contributed by atoms with van der Waals surface area (Å²) >= 11 is 0. The van der Waals surface area contributed by atoms with Crippen LogP contribution in [0.25, 0.3) is 0 Å². The van der Waals surface area contributed by atoms with Gasteiger partial charge in [-0.2, -0.15) is 0 Å². The number of rotatable bonds is 3. The summed E-state index contributed by atoms with van der Waals surface area (Å²) in [4.78, 5) is 2.56. The molecule has 0 radical (unpaired) electrons. The Morgan fingerprint density at radius 1 is 1.14 bits per heavy atom. The van der Waals surface area contributed by atoms with Gasteiger partial charge < -0.3 is 4.74 Å². The zero-order valence-corrected chi connectivity index (χ0v) is 10.5. The highest BCUT2D eigenvalue weighted by Crippen LogP contribution is 2.15. The molecule has 14 heavy (non-hydrogen) atoms. The summed E-state index contributed by atoms with van der Waals surface area (Å²) in [7, 11) is 0. The molecule has 1 aliphatic rings. The molecule has 0 spiro atoms. The fraction of sp³-hybridized carbons (Fsp3) is 1.00. The predicted molar refractivity (Wildman–Crippen MR) is 62.7 cm³/mol. The third kappa shape index (κ3) is 4.43. The smallest absolute Gasteiger partial charge is 0.0594 e. The second-order valence-electron chi connectivity index (χ2n) is 3.87. The molecule has 0 saturated carbocycles. The summed E-state index contributed by atoms with van der Waals surface area (Å²) < 4.78 is 5.33. The molecule has 0 bridgehead atoms. The van der Waals surface area contributed by atoms with Crippen molar-refractivity contribution in [2.24, 2.45) is 5.92 Å². The summed E-state index contributed by atoms with van der Waals surface area (Å²) in [6.45, 7) is 15.0. The lowest BCUT2D eigenvalue weighted by Crippen LogP contribution is -2.45. The van der Waals surface area contributed by atoms with Gasteiger partial charge in [0.05, 0.1) is 13.2 Å². The number of nitrogens with zero attached hydrogens (tertiary/aromatic N) is 1. The lowest BCUT2D eigenvalue weighted by molar-refractivity contribution is 0.00542. The molecule has 1 heterocycles. The quantitative estimate of drug-likeness (QED) is 0.696. The molecule has 0 N–H and O–H groups in total. The highest BCUT2D eigenvalue weighted by atomic mass is 16.5. The molecule has 1 aliphatic heterocycles. The second kappa shape index (κ2) is 8.25. The Labute approximate surface area is 89.6 Å². The van der Waals surface area contributed by atoms with Crippen molar-refractivity contribution >= 4 is 0 Å². The van der Waals surface area contributed by atoms with E-state index in [0.717, 1.165) is 38.3 Å². The van der Waals surface area contributed by atoms with Gasteiger partial charge in [-0.25, -0.2) is 0 Å². The topological polar surface area (TPSA) is 12.5 Å². The molecular formula is C12H27NO. The molecule has 0 aromatic rings. The van der Waals surface area contributed by atoms with Gasteiger partial charge in [-0.05, 0) is 12.3 Å². The van der Waals surface area contributed by atoms with Crippen LogP contribution in [-0.4, -0.2) is 37.2 Å². The Bertz CT molecular complexity index is 119. The minimum absolute atomic E-state index is 0.758. The summed E-state index contributed by atoms with van der Waals surface area (Å²) in [6.07, 6.45) is 1.26. The second-order valence-corrected chi connectivity index (χ2v) is 3.87. The normalized spacial score (nSPS) is 20.1. The van der Waals surface area contributed by atoms with Crippen LogP contribution < -0.4 is 0 Å². The minimum atomic E-state index is 0.758. The Morgan fingerprint density at radius 2 is 1.64 bits per heavy atom. The lowest BCUT2D eigenvalue weighted by atomic mass is 10.00. The summed E-state index contributed by atoms with van der Waals surface area (Å²) in [6, 6.07) is 0.758. The van der Waals surface area contributed by atoms with Crippen molar-refractivity contribution in [3.63, 3.8) is 0 Å². The third-order valence-electron chi connectivity index (χ3n) is 2.70. The molecule has 0 aromatic heterocycles. The van der Waals surface area contributed by atoms with Crippen LogP contribution >= 0.6 is 0 Å². The largest absolute Gasteiger partial charge is 0.379 e. The maximum absolute atomic E-state index is 5.33. The van der Waals surface area contributed by atoms with E-state index in [-0.39, 0.29) is 0 Å². The number of morpholine rings is 1. The number of hydrogen-bond acceptors (Lipinski definition) is 2. The number of hydrogen-bond donors (Lipinski definition) is 0. The Kier molecular flexibility index (Phi) is 8.20. The lowest BCUT2D eigenvalue weighted by Gasteiger charge is -2.36. The van der Waals surface area contributed by atoms with E-state index in [1.807, 2.05) is 13.8 Å². The molecule has 1 fully saturated rings. The number of ether oxygens (including phenoxy) is 1. The van der Waals surface area contributed by atoms with Crippen LogP contribution in [0.1, 0.15) is 41.0 Å². The molecule has 1 unspecified atom stereocenters. The standard InChI is InChI=1S/C10H21NO.C2H6/c1-4-10(9(2)3)11-5-7-12-8-6-11;1-2/h9-10H,4-8H2,1-3H3;1-2H3. The zero-order valence-electron chi connectivity index (χ0n) is 10.5. The van der Waals surface area contributed by atoms with E-state index in [1.54, 1.807) is 0 Å². The molecule has 1 rings (SSSR count). The van der Waals surface area contributed by atoms with Crippen molar-refractivity contribution in [2.75, 3.05) is 26.3 Å². The predicted octanol–water partition coefficient (Wildman–Crippen LogP) is 2.78. The first-order valence-electron chi connectivity index (χ1n) is 6.07. The van der Waals surface area contributed by atoms with E-state index in [0.29, 0.717) is 0 Å². The van der Waals surface area contributed by atoms with Crippen molar-refractivity contribution in [1.82, 2.24) is 4.90 Å². The van der Waals surface area contributed by atoms with Crippen LogP contribution in [0, 0.1) is 5.92 Å². The fourth-order valence-electron chi connectivity index (χ4n) is 2.06. The van der Waals surface area contributed by atoms with Crippen LogP contribution in [0.5, 0.6) is 0 Å². The summed E-state index contributed by atoms with van der Waals surface area (Å²) in [5.74, 6) is 0.771. The Balaban J connectivity index is 0.000000791. The maximum atomic E-state index is 5.33. The van der Waals surface area contributed by atoms with Gasteiger partial charge in [-0.3, -0.25) is 4.90 Å². The third-order valence-corrected chi connectivity index (χ3v) is 2.70. The molecule has 1 saturated heterocycles. The van der Waals surface area contributed by atoms with Gasteiger partial charge in [-0.1, -0.05) is 34.6 Å². The first-order valence-corrected chi connectivity index (χ1v) is 6.07. The average Bonchev–Trinajstić information content (AvgIpc) is 2.23. The van der Waals surface area contributed by atoms with Gasteiger partial charge in [0.1, 0.15) is 0 Å². The molecule has 86 valence electrons. The van der Waals surface area contributed by atoms with E-state index in [1.165, 1.54) is 6.42 Å². The van der Waals surface area contributed by atoms with Gasteiger partial charge in [0.15, 0.2) is 0 Å². The van der Waals surface area contributed by atoms with Gasteiger partial charge in [0, 0.05) is 19.1 Å². The highest BCUT2D eigenvalue weighted by molar-refractivity contribution is 4.75. The monoisotopic (exact) mass is 201 g/mol. The molecule has 0 amide bonds. The molecule has 2 nitrogen and oxygen atoms in total. The van der Waals surface area contributed by atoms with Crippen LogP contribution in [0.4, 0.5) is 0 Å². The van der Waals surface area contributed by atoms with Gasteiger partial charge in [-0.15, -0.1) is 0 Å². The SMILES string of the molecule is CC.CCC(C(C)C)N1CCOCC1. The molecular weight excluding hydrogens is 174 g/mol. The van der Waals surface area contributed by atoms with Gasteiger partial charge in [0.2, 0.25) is 0 Å². The van der Waals surface area contributed by atoms with Crippen LogP contribution in [0.2, 0.25) is 0 Å². The minimum Gasteiger partial charge on any atom is -0.379 e. The van der Waals surface area contributed by atoms with Crippen LogP contribution in [-0.2, 0) is 4.74 Å². The van der Waals surface area contributed by atoms with Crippen molar-refractivity contribution in [3.8, 4) is 0 Å². The van der Waals surface area contributed by atoms with Gasteiger partial charge in [0.25, 0.3) is 0 Å². The van der Waals surface area contributed by atoms with E-state index in [9.17, 15) is 0 Å². The van der Waals surface area contributed by atoms with E-state index in [2.05, 4.69) is 25.7 Å². The Morgan fingerprint density at radius 3 is 2.00 bits per heavy atom. The van der Waals surface area contributed by atoms with Crippen molar-refractivity contribution in [3.05, 3.63) is 0 Å². The highest BCUT2D eigenvalue weighted by Gasteiger charge is 2.21. The van der Waals surface area contributed by atoms with Crippen molar-refractivity contribution in [2.45, 2.75) is 47.1 Å². The Hall–Kier alpha value is -0.0800. The summed E-state index contributed by atoms with van der Waals surface area (Å²) in [5, 5.41) is 0. The molecule has 0 aliphatic carbocycles. The molecule has 0 aromatic carbocycles. The zero-order chi connectivity index (χ0) is 11.0. The van der Waals surface area contributed by atoms with Gasteiger partial charge >= 0.3 is 0 Å². The van der Waals surface area contributed by atoms with E-state index in [4.69, 9.17) is 4.74 Å². The van der Waals surface area contributed by atoms with Crippen LogP contribution in [0.15, 0.2) is 0 Å². The van der Waals surface area contributed by atoms with Crippen molar-refractivity contribution in [1.29, 1.82) is 0 Å². The van der Waals surface area contributed by atoms with E-state index < -0.39 is 0 Å². The van der Waals surface area contributed by atoms with E-state index >= 15 is 0 Å². The molecule has 2 heteroatoms. The fourth-order valence-corrected chi connectivity index (χ4v) is 2.06. The average molecular weight is 201 g/mol. The first kappa shape index (κ1) is 13.9. The molecule has 1 atom stereocenters.